The average Bonchev–Trinajstić information content (AvgIpc) is 2.69. The van der Waals surface area contributed by atoms with E-state index in [9.17, 15) is 0 Å². The topological polar surface area (TPSA) is 76.4 Å². The minimum atomic E-state index is 0.0841. The number of hydrogen-bond donors (Lipinski definition) is 2. The Kier molecular flexibility index (Phi) is 3.38. The van der Waals surface area contributed by atoms with Crippen LogP contribution in [-0.4, -0.2) is 20.6 Å². The third-order valence-electron chi connectivity index (χ3n) is 2.86. The lowest BCUT2D eigenvalue weighted by Crippen LogP contribution is -2.13. The van der Waals surface area contributed by atoms with Crippen molar-refractivity contribution in [3.63, 3.8) is 0 Å². The first-order valence-electron chi connectivity index (χ1n) is 5.33. The summed E-state index contributed by atoms with van der Waals surface area (Å²) in [6, 6.07) is 5.49. The molecule has 2 rings (SSSR count). The molecule has 1 aromatic heterocycles. The van der Waals surface area contributed by atoms with Gasteiger partial charge in [-0.2, -0.15) is 0 Å². The number of nitrogens with zero attached hydrogens (tertiary/aromatic N) is 3. The van der Waals surface area contributed by atoms with Crippen LogP contribution in [0.5, 0.6) is 0 Å². The molecule has 0 saturated carbocycles. The summed E-state index contributed by atoms with van der Waals surface area (Å²) < 4.78 is 2.84. The summed E-state index contributed by atoms with van der Waals surface area (Å²) in [6.45, 7) is 3.97. The summed E-state index contributed by atoms with van der Waals surface area (Å²) in [6.07, 6.45) is 1.77. The molecule has 3 N–H and O–H groups in total. The van der Waals surface area contributed by atoms with Gasteiger partial charge >= 0.3 is 0 Å². The third kappa shape index (κ3) is 2.11. The summed E-state index contributed by atoms with van der Waals surface area (Å²) in [5.74, 6) is 0.0841. The molecule has 0 amide bonds. The standard InChI is InChI=1S/C12H13BrN4O/c1-7-8(2)17(6-15-7)11-4-3-9(5-10(11)13)12(14)16-18/h3-6,18H,1-2H3,(H2,14,16). The van der Waals surface area contributed by atoms with Gasteiger partial charge in [0.25, 0.3) is 0 Å². The quantitative estimate of drug-likeness (QED) is 0.387. The molecule has 1 heterocycles. The second-order valence-corrected chi connectivity index (χ2v) is 4.79. The molecular weight excluding hydrogens is 296 g/mol. The molecule has 2 aromatic rings. The van der Waals surface area contributed by atoms with Gasteiger partial charge in [-0.05, 0) is 48.0 Å². The van der Waals surface area contributed by atoms with E-state index in [4.69, 9.17) is 10.9 Å². The van der Waals surface area contributed by atoms with E-state index < -0.39 is 0 Å². The van der Waals surface area contributed by atoms with Gasteiger partial charge in [0.2, 0.25) is 0 Å². The van der Waals surface area contributed by atoms with Crippen LogP contribution in [0.3, 0.4) is 0 Å². The highest BCUT2D eigenvalue weighted by atomic mass is 79.9. The van der Waals surface area contributed by atoms with Gasteiger partial charge in [-0.15, -0.1) is 0 Å². The maximum atomic E-state index is 8.65. The minimum Gasteiger partial charge on any atom is -0.409 e. The molecule has 0 saturated heterocycles. The lowest BCUT2D eigenvalue weighted by Gasteiger charge is -2.09. The number of nitrogens with two attached hydrogens (primary N) is 1. The van der Waals surface area contributed by atoms with Crippen LogP contribution in [0.1, 0.15) is 17.0 Å². The maximum Gasteiger partial charge on any atom is 0.170 e. The Labute approximate surface area is 113 Å². The molecule has 18 heavy (non-hydrogen) atoms. The van der Waals surface area contributed by atoms with Crippen molar-refractivity contribution in [2.45, 2.75) is 13.8 Å². The molecule has 6 heteroatoms. The molecule has 0 spiro atoms. The Morgan fingerprint density at radius 2 is 2.17 bits per heavy atom. The SMILES string of the molecule is Cc1ncn(-c2ccc(/C(N)=N/O)cc2Br)c1C. The smallest absolute Gasteiger partial charge is 0.170 e. The molecule has 0 aliphatic carbocycles. The van der Waals surface area contributed by atoms with Crippen LogP contribution in [0.25, 0.3) is 5.69 Å². The summed E-state index contributed by atoms with van der Waals surface area (Å²) in [7, 11) is 0. The summed E-state index contributed by atoms with van der Waals surface area (Å²) in [4.78, 5) is 4.26. The first-order chi connectivity index (χ1) is 8.54. The molecule has 0 bridgehead atoms. The molecule has 0 aliphatic rings. The minimum absolute atomic E-state index is 0.0841. The number of halogens is 1. The van der Waals surface area contributed by atoms with E-state index in [1.807, 2.05) is 24.5 Å². The highest BCUT2D eigenvalue weighted by Gasteiger charge is 2.09. The number of benzene rings is 1. The van der Waals surface area contributed by atoms with E-state index in [0.29, 0.717) is 5.56 Å². The number of hydrogen-bond acceptors (Lipinski definition) is 3. The zero-order valence-electron chi connectivity index (χ0n) is 10.1. The number of imidazole rings is 1. The largest absolute Gasteiger partial charge is 0.409 e. The van der Waals surface area contributed by atoms with Gasteiger partial charge in [0.15, 0.2) is 5.84 Å². The predicted molar refractivity (Wildman–Crippen MR) is 73.2 cm³/mol. The Bertz CT molecular complexity index is 619. The summed E-state index contributed by atoms with van der Waals surface area (Å²) in [5.41, 5.74) is 9.23. The highest BCUT2D eigenvalue weighted by Crippen LogP contribution is 2.24. The number of amidine groups is 1. The Hall–Kier alpha value is -1.82. The Morgan fingerprint density at radius 1 is 1.44 bits per heavy atom. The summed E-state index contributed by atoms with van der Waals surface area (Å²) in [5, 5.41) is 11.6. The maximum absolute atomic E-state index is 8.65. The second kappa shape index (κ2) is 4.81. The second-order valence-electron chi connectivity index (χ2n) is 3.94. The van der Waals surface area contributed by atoms with Gasteiger partial charge in [-0.1, -0.05) is 5.16 Å². The first-order valence-corrected chi connectivity index (χ1v) is 6.12. The van der Waals surface area contributed by atoms with Crippen molar-refractivity contribution >= 4 is 21.8 Å². The Balaban J connectivity index is 2.51. The van der Waals surface area contributed by atoms with Crippen LogP contribution in [0.2, 0.25) is 0 Å². The molecule has 94 valence electrons. The van der Waals surface area contributed by atoms with Gasteiger partial charge in [0.1, 0.15) is 0 Å². The fraction of sp³-hybridized carbons (Fsp3) is 0.167. The Morgan fingerprint density at radius 3 is 2.67 bits per heavy atom. The molecule has 0 unspecified atom stereocenters. The van der Waals surface area contributed by atoms with E-state index in [-0.39, 0.29) is 5.84 Å². The number of oxime groups is 1. The molecule has 1 aromatic carbocycles. The predicted octanol–water partition coefficient (Wildman–Crippen LogP) is 2.35. The van der Waals surface area contributed by atoms with E-state index in [2.05, 4.69) is 26.1 Å². The van der Waals surface area contributed by atoms with Crippen LogP contribution in [0.4, 0.5) is 0 Å². The van der Waals surface area contributed by atoms with E-state index in [1.165, 1.54) is 0 Å². The van der Waals surface area contributed by atoms with Crippen LogP contribution in [-0.2, 0) is 0 Å². The molecule has 0 atom stereocenters. The monoisotopic (exact) mass is 308 g/mol. The summed E-state index contributed by atoms with van der Waals surface area (Å²) >= 11 is 3.48. The van der Waals surface area contributed by atoms with Gasteiger partial charge in [0, 0.05) is 15.7 Å². The van der Waals surface area contributed by atoms with Gasteiger partial charge in [-0.3, -0.25) is 0 Å². The third-order valence-corrected chi connectivity index (χ3v) is 3.50. The van der Waals surface area contributed by atoms with Crippen molar-refractivity contribution in [2.75, 3.05) is 0 Å². The molecular formula is C12H13BrN4O. The normalized spacial score (nSPS) is 11.8. The van der Waals surface area contributed by atoms with E-state index in [0.717, 1.165) is 21.5 Å². The van der Waals surface area contributed by atoms with Gasteiger partial charge in [0.05, 0.1) is 17.7 Å². The van der Waals surface area contributed by atoms with Crippen LogP contribution in [0, 0.1) is 13.8 Å². The van der Waals surface area contributed by atoms with Crippen molar-refractivity contribution in [1.29, 1.82) is 0 Å². The van der Waals surface area contributed by atoms with Gasteiger partial charge in [-0.25, -0.2) is 4.98 Å². The van der Waals surface area contributed by atoms with Gasteiger partial charge < -0.3 is 15.5 Å². The molecule has 0 radical (unpaired) electrons. The fourth-order valence-electron chi connectivity index (χ4n) is 1.66. The fourth-order valence-corrected chi connectivity index (χ4v) is 2.23. The number of rotatable bonds is 2. The zero-order chi connectivity index (χ0) is 13.3. The molecule has 0 aliphatic heterocycles. The van der Waals surface area contributed by atoms with Crippen LogP contribution >= 0.6 is 15.9 Å². The first kappa shape index (κ1) is 12.6. The van der Waals surface area contributed by atoms with E-state index in [1.54, 1.807) is 18.5 Å². The van der Waals surface area contributed by atoms with Crippen molar-refractivity contribution in [1.82, 2.24) is 9.55 Å². The average molecular weight is 309 g/mol. The van der Waals surface area contributed by atoms with Crippen molar-refractivity contribution in [3.05, 3.63) is 46.0 Å². The van der Waals surface area contributed by atoms with Crippen molar-refractivity contribution in [3.8, 4) is 5.69 Å². The van der Waals surface area contributed by atoms with Crippen LogP contribution in [0.15, 0.2) is 34.2 Å². The van der Waals surface area contributed by atoms with Crippen molar-refractivity contribution < 1.29 is 5.21 Å². The molecule has 5 nitrogen and oxygen atoms in total. The number of aromatic nitrogens is 2. The van der Waals surface area contributed by atoms with E-state index >= 15 is 0 Å². The molecule has 0 fully saturated rings. The van der Waals surface area contributed by atoms with Crippen molar-refractivity contribution in [2.24, 2.45) is 10.9 Å². The number of aryl methyl sites for hydroxylation is 1. The lowest BCUT2D eigenvalue weighted by molar-refractivity contribution is 0.318. The zero-order valence-corrected chi connectivity index (χ0v) is 11.6. The van der Waals surface area contributed by atoms with Crippen LogP contribution < -0.4 is 5.73 Å². The lowest BCUT2D eigenvalue weighted by atomic mass is 10.2. The highest BCUT2D eigenvalue weighted by molar-refractivity contribution is 9.10.